The summed E-state index contributed by atoms with van der Waals surface area (Å²) in [6, 6.07) is 0. The van der Waals surface area contributed by atoms with Crippen LogP contribution in [0.15, 0.2) is 23.3 Å². The molecular formula is C12H14O2. The SMILES string of the molecule is CC1=C(C)CC2C(=O)C=CC(=O)C2C1. The van der Waals surface area contributed by atoms with Gasteiger partial charge in [-0.25, -0.2) is 0 Å². The van der Waals surface area contributed by atoms with Crippen LogP contribution < -0.4 is 0 Å². The van der Waals surface area contributed by atoms with E-state index in [1.54, 1.807) is 0 Å². The molecule has 2 atom stereocenters. The molecule has 2 aliphatic carbocycles. The van der Waals surface area contributed by atoms with Gasteiger partial charge in [0.15, 0.2) is 11.6 Å². The van der Waals surface area contributed by atoms with E-state index in [2.05, 4.69) is 13.8 Å². The van der Waals surface area contributed by atoms with Crippen molar-refractivity contribution in [1.29, 1.82) is 0 Å². The van der Waals surface area contributed by atoms with E-state index in [0.717, 1.165) is 12.8 Å². The number of allylic oxidation sites excluding steroid dienone is 4. The molecule has 0 aromatic rings. The van der Waals surface area contributed by atoms with Gasteiger partial charge in [-0.1, -0.05) is 11.1 Å². The van der Waals surface area contributed by atoms with Crippen molar-refractivity contribution < 1.29 is 9.59 Å². The molecule has 2 rings (SSSR count). The Balaban J connectivity index is 2.35. The molecule has 0 radical (unpaired) electrons. The lowest BCUT2D eigenvalue weighted by molar-refractivity contribution is -0.129. The quantitative estimate of drug-likeness (QED) is 0.548. The van der Waals surface area contributed by atoms with Crippen LogP contribution in [0, 0.1) is 11.8 Å². The maximum Gasteiger partial charge on any atom is 0.159 e. The van der Waals surface area contributed by atoms with Gasteiger partial charge in [-0.2, -0.15) is 0 Å². The molecule has 0 aliphatic heterocycles. The van der Waals surface area contributed by atoms with Gasteiger partial charge in [0.25, 0.3) is 0 Å². The molecule has 2 heteroatoms. The number of hydrogen-bond acceptors (Lipinski definition) is 2. The van der Waals surface area contributed by atoms with Crippen molar-refractivity contribution in [2.24, 2.45) is 11.8 Å². The summed E-state index contributed by atoms with van der Waals surface area (Å²) in [6.07, 6.45) is 4.42. The molecule has 0 saturated heterocycles. The second-order valence-electron chi connectivity index (χ2n) is 4.32. The molecule has 0 fully saturated rings. The molecule has 2 unspecified atom stereocenters. The average Bonchev–Trinajstić information content (AvgIpc) is 2.15. The second kappa shape index (κ2) is 3.19. The molecule has 74 valence electrons. The highest BCUT2D eigenvalue weighted by molar-refractivity contribution is 6.07. The molecule has 0 spiro atoms. The minimum atomic E-state index is -0.0730. The first-order chi connectivity index (χ1) is 6.59. The van der Waals surface area contributed by atoms with Crippen molar-refractivity contribution in [2.45, 2.75) is 26.7 Å². The van der Waals surface area contributed by atoms with Gasteiger partial charge in [-0.15, -0.1) is 0 Å². The Bertz CT molecular complexity index is 327. The topological polar surface area (TPSA) is 34.1 Å². The minimum Gasteiger partial charge on any atom is -0.295 e. The van der Waals surface area contributed by atoms with Gasteiger partial charge in [-0.3, -0.25) is 9.59 Å². The van der Waals surface area contributed by atoms with E-state index in [4.69, 9.17) is 0 Å². The number of fused-ring (bicyclic) bond motifs is 1. The Morgan fingerprint density at radius 1 is 0.929 bits per heavy atom. The van der Waals surface area contributed by atoms with Crippen molar-refractivity contribution in [3.8, 4) is 0 Å². The largest absolute Gasteiger partial charge is 0.295 e. The van der Waals surface area contributed by atoms with Gasteiger partial charge in [-0.05, 0) is 38.8 Å². The number of hydrogen-bond donors (Lipinski definition) is 0. The molecule has 0 aromatic heterocycles. The Morgan fingerprint density at radius 3 is 1.64 bits per heavy atom. The maximum absolute atomic E-state index is 11.6. The van der Waals surface area contributed by atoms with E-state index < -0.39 is 0 Å². The third-order valence-electron chi connectivity index (χ3n) is 3.41. The van der Waals surface area contributed by atoms with Crippen LogP contribution in [0.5, 0.6) is 0 Å². The first-order valence-corrected chi connectivity index (χ1v) is 5.00. The normalized spacial score (nSPS) is 32.1. The summed E-state index contributed by atoms with van der Waals surface area (Å²) in [6.45, 7) is 4.11. The van der Waals surface area contributed by atoms with E-state index in [1.807, 2.05) is 0 Å². The zero-order valence-electron chi connectivity index (χ0n) is 8.54. The fourth-order valence-corrected chi connectivity index (χ4v) is 2.30. The molecule has 14 heavy (non-hydrogen) atoms. The van der Waals surface area contributed by atoms with Gasteiger partial charge in [0.05, 0.1) is 0 Å². The lowest BCUT2D eigenvalue weighted by atomic mass is 9.70. The lowest BCUT2D eigenvalue weighted by Gasteiger charge is -2.31. The van der Waals surface area contributed by atoms with Crippen LogP contribution in [0.25, 0.3) is 0 Å². The van der Waals surface area contributed by atoms with E-state index in [-0.39, 0.29) is 23.4 Å². The summed E-state index contributed by atoms with van der Waals surface area (Å²) in [5.41, 5.74) is 2.56. The summed E-state index contributed by atoms with van der Waals surface area (Å²) < 4.78 is 0. The standard InChI is InChI=1S/C12H14O2/c1-7-5-9-10(6-8(7)2)12(14)4-3-11(9)13/h3-4,9-10H,5-6H2,1-2H3. The summed E-state index contributed by atoms with van der Waals surface area (Å²) in [7, 11) is 0. The van der Waals surface area contributed by atoms with Crippen LogP contribution in [-0.4, -0.2) is 11.6 Å². The second-order valence-corrected chi connectivity index (χ2v) is 4.32. The van der Waals surface area contributed by atoms with Gasteiger partial charge in [0, 0.05) is 11.8 Å². The van der Waals surface area contributed by atoms with Crippen molar-refractivity contribution in [3.63, 3.8) is 0 Å². The van der Waals surface area contributed by atoms with E-state index in [0.29, 0.717) is 0 Å². The molecule has 2 aliphatic rings. The zero-order chi connectivity index (χ0) is 10.3. The average molecular weight is 190 g/mol. The van der Waals surface area contributed by atoms with Crippen LogP contribution in [-0.2, 0) is 9.59 Å². The number of ketones is 2. The van der Waals surface area contributed by atoms with Gasteiger partial charge in [0.2, 0.25) is 0 Å². The van der Waals surface area contributed by atoms with Gasteiger partial charge < -0.3 is 0 Å². The van der Waals surface area contributed by atoms with Crippen LogP contribution in [0.3, 0.4) is 0 Å². The smallest absolute Gasteiger partial charge is 0.159 e. The van der Waals surface area contributed by atoms with Crippen LogP contribution in [0.4, 0.5) is 0 Å². The Hall–Kier alpha value is -1.18. The fraction of sp³-hybridized carbons (Fsp3) is 0.500. The highest BCUT2D eigenvalue weighted by atomic mass is 16.1. The molecule has 0 saturated carbocycles. The Kier molecular flexibility index (Phi) is 2.14. The third-order valence-corrected chi connectivity index (χ3v) is 3.41. The molecule has 2 nitrogen and oxygen atoms in total. The summed E-state index contributed by atoms with van der Waals surface area (Å²) in [4.78, 5) is 23.1. The van der Waals surface area contributed by atoms with Crippen molar-refractivity contribution in [1.82, 2.24) is 0 Å². The number of rotatable bonds is 0. The van der Waals surface area contributed by atoms with E-state index in [9.17, 15) is 9.59 Å². The first kappa shape index (κ1) is 9.38. The number of carbonyl (C=O) groups excluding carboxylic acids is 2. The van der Waals surface area contributed by atoms with Crippen LogP contribution in [0.1, 0.15) is 26.7 Å². The first-order valence-electron chi connectivity index (χ1n) is 5.00. The Labute approximate surface area is 83.7 Å². The highest BCUT2D eigenvalue weighted by Crippen LogP contribution is 2.37. The maximum atomic E-state index is 11.6. The monoisotopic (exact) mass is 190 g/mol. The van der Waals surface area contributed by atoms with Crippen LogP contribution in [0.2, 0.25) is 0 Å². The highest BCUT2D eigenvalue weighted by Gasteiger charge is 2.37. The molecule has 0 heterocycles. The van der Waals surface area contributed by atoms with E-state index >= 15 is 0 Å². The predicted octanol–water partition coefficient (Wildman–Crippen LogP) is 2.06. The van der Waals surface area contributed by atoms with Crippen molar-refractivity contribution >= 4 is 11.6 Å². The molecule has 0 bridgehead atoms. The zero-order valence-corrected chi connectivity index (χ0v) is 8.54. The molecule has 0 aromatic carbocycles. The fourth-order valence-electron chi connectivity index (χ4n) is 2.30. The summed E-state index contributed by atoms with van der Waals surface area (Å²) in [5, 5.41) is 0. The predicted molar refractivity (Wildman–Crippen MR) is 53.7 cm³/mol. The molecule has 0 N–H and O–H groups in total. The third kappa shape index (κ3) is 1.35. The Morgan fingerprint density at radius 2 is 1.29 bits per heavy atom. The molecular weight excluding hydrogens is 176 g/mol. The van der Waals surface area contributed by atoms with Gasteiger partial charge in [0.1, 0.15) is 0 Å². The van der Waals surface area contributed by atoms with Crippen LogP contribution >= 0.6 is 0 Å². The lowest BCUT2D eigenvalue weighted by Crippen LogP contribution is -2.34. The van der Waals surface area contributed by atoms with Gasteiger partial charge >= 0.3 is 0 Å². The number of carbonyl (C=O) groups is 2. The summed E-state index contributed by atoms with van der Waals surface area (Å²) in [5.74, 6) is 0.107. The van der Waals surface area contributed by atoms with Crippen molar-refractivity contribution in [3.05, 3.63) is 23.3 Å². The minimum absolute atomic E-state index is 0.0730. The molecule has 0 amide bonds. The summed E-state index contributed by atoms with van der Waals surface area (Å²) >= 11 is 0. The van der Waals surface area contributed by atoms with Crippen molar-refractivity contribution in [2.75, 3.05) is 0 Å². The van der Waals surface area contributed by atoms with E-state index in [1.165, 1.54) is 23.3 Å².